The van der Waals surface area contributed by atoms with E-state index >= 15 is 0 Å². The van der Waals surface area contributed by atoms with Crippen molar-refractivity contribution in [3.63, 3.8) is 0 Å². The molecule has 0 amide bonds. The molecule has 0 aliphatic carbocycles. The molecule has 0 saturated heterocycles. The van der Waals surface area contributed by atoms with Crippen molar-refractivity contribution in [3.05, 3.63) is 47.6 Å². The summed E-state index contributed by atoms with van der Waals surface area (Å²) in [6, 6.07) is 10.4. The van der Waals surface area contributed by atoms with Gasteiger partial charge in [-0.15, -0.1) is 0 Å². The van der Waals surface area contributed by atoms with Gasteiger partial charge in [0, 0.05) is 26.1 Å². The quantitative estimate of drug-likeness (QED) is 0.748. The Bertz CT molecular complexity index is 525. The lowest BCUT2D eigenvalue weighted by molar-refractivity contribution is 0.131. The fourth-order valence-corrected chi connectivity index (χ4v) is 2.03. The van der Waals surface area contributed by atoms with Crippen LogP contribution in [0.2, 0.25) is 0 Å². The molecule has 0 atom stereocenters. The summed E-state index contributed by atoms with van der Waals surface area (Å²) < 4.78 is 10.5. The lowest BCUT2D eigenvalue weighted by Gasteiger charge is -2.20. The van der Waals surface area contributed by atoms with Crippen LogP contribution in [-0.4, -0.2) is 35.3 Å². The lowest BCUT2D eigenvalue weighted by atomic mass is 10.2. The van der Waals surface area contributed by atoms with E-state index in [4.69, 9.17) is 9.26 Å². The first-order valence-electron chi connectivity index (χ1n) is 7.26. The summed E-state index contributed by atoms with van der Waals surface area (Å²) in [5, 5.41) is 4.01. The Morgan fingerprint density at radius 3 is 2.57 bits per heavy atom. The molecular formula is C16H23N3O2. The molecule has 0 radical (unpaired) electrons. The summed E-state index contributed by atoms with van der Waals surface area (Å²) in [5.41, 5.74) is 1.26. The van der Waals surface area contributed by atoms with Gasteiger partial charge in [-0.3, -0.25) is 4.90 Å². The van der Waals surface area contributed by atoms with Crippen molar-refractivity contribution >= 4 is 0 Å². The van der Waals surface area contributed by atoms with E-state index in [9.17, 15) is 0 Å². The van der Waals surface area contributed by atoms with Crippen LogP contribution in [0.1, 0.15) is 37.0 Å². The van der Waals surface area contributed by atoms with Crippen molar-refractivity contribution < 1.29 is 9.26 Å². The molecule has 114 valence electrons. The fourth-order valence-electron chi connectivity index (χ4n) is 2.03. The molecule has 0 fully saturated rings. The average Bonchev–Trinajstić information content (AvgIpc) is 2.94. The van der Waals surface area contributed by atoms with Crippen molar-refractivity contribution in [1.82, 2.24) is 15.0 Å². The van der Waals surface area contributed by atoms with Crippen LogP contribution in [0.4, 0.5) is 0 Å². The summed E-state index contributed by atoms with van der Waals surface area (Å²) in [7, 11) is 1.71. The highest BCUT2D eigenvalue weighted by Gasteiger charge is 2.14. The number of hydrogen-bond acceptors (Lipinski definition) is 5. The molecule has 2 aromatic rings. The van der Waals surface area contributed by atoms with E-state index in [2.05, 4.69) is 41.0 Å². The molecular weight excluding hydrogens is 266 g/mol. The van der Waals surface area contributed by atoms with Crippen LogP contribution < -0.4 is 0 Å². The van der Waals surface area contributed by atoms with Crippen LogP contribution in [0, 0.1) is 0 Å². The first-order valence-corrected chi connectivity index (χ1v) is 7.26. The minimum Gasteiger partial charge on any atom is -0.383 e. The van der Waals surface area contributed by atoms with Crippen LogP contribution in [0.3, 0.4) is 0 Å². The Labute approximate surface area is 125 Å². The minimum absolute atomic E-state index is 0.282. The van der Waals surface area contributed by atoms with Gasteiger partial charge in [0.15, 0.2) is 5.82 Å². The number of benzene rings is 1. The van der Waals surface area contributed by atoms with Gasteiger partial charge in [-0.1, -0.05) is 49.3 Å². The second kappa shape index (κ2) is 7.90. The summed E-state index contributed by atoms with van der Waals surface area (Å²) in [6.07, 6.45) is 0. The van der Waals surface area contributed by atoms with E-state index < -0.39 is 0 Å². The van der Waals surface area contributed by atoms with Gasteiger partial charge in [0.1, 0.15) is 0 Å². The number of ether oxygens (including phenoxy) is 1. The molecule has 2 rings (SSSR count). The van der Waals surface area contributed by atoms with Crippen LogP contribution in [0.25, 0.3) is 0 Å². The third-order valence-corrected chi connectivity index (χ3v) is 3.22. The minimum atomic E-state index is 0.282. The van der Waals surface area contributed by atoms with Crippen LogP contribution in [0.5, 0.6) is 0 Å². The Balaban J connectivity index is 2.01. The Hall–Kier alpha value is -1.72. The summed E-state index contributed by atoms with van der Waals surface area (Å²) in [5.74, 6) is 1.70. The molecule has 0 spiro atoms. The van der Waals surface area contributed by atoms with Gasteiger partial charge in [-0.2, -0.15) is 4.98 Å². The van der Waals surface area contributed by atoms with Gasteiger partial charge in [-0.25, -0.2) is 0 Å². The van der Waals surface area contributed by atoms with Crippen LogP contribution in [-0.2, 0) is 17.8 Å². The predicted molar refractivity (Wildman–Crippen MR) is 80.8 cm³/mol. The predicted octanol–water partition coefficient (Wildman–Crippen LogP) is 2.84. The molecule has 0 unspecified atom stereocenters. The average molecular weight is 289 g/mol. The standard InChI is InChI=1S/C16H23N3O2/c1-13(2)16-17-15(21-18-16)12-19(9-10-20-3)11-14-7-5-4-6-8-14/h4-8,13H,9-12H2,1-3H3. The summed E-state index contributed by atoms with van der Waals surface area (Å²) >= 11 is 0. The van der Waals surface area contributed by atoms with Crippen LogP contribution in [0.15, 0.2) is 34.9 Å². The van der Waals surface area contributed by atoms with E-state index in [-0.39, 0.29) is 5.92 Å². The highest BCUT2D eigenvalue weighted by molar-refractivity contribution is 5.14. The number of nitrogens with zero attached hydrogens (tertiary/aromatic N) is 3. The molecule has 0 bridgehead atoms. The highest BCUT2D eigenvalue weighted by Crippen LogP contribution is 2.12. The zero-order chi connectivity index (χ0) is 15.1. The zero-order valence-corrected chi connectivity index (χ0v) is 13.0. The molecule has 0 saturated carbocycles. The van der Waals surface area contributed by atoms with Gasteiger partial charge >= 0.3 is 0 Å². The van der Waals surface area contributed by atoms with Gasteiger partial charge < -0.3 is 9.26 Å². The largest absolute Gasteiger partial charge is 0.383 e. The third kappa shape index (κ3) is 4.95. The second-order valence-electron chi connectivity index (χ2n) is 5.39. The number of hydrogen-bond donors (Lipinski definition) is 0. The Morgan fingerprint density at radius 2 is 1.95 bits per heavy atom. The third-order valence-electron chi connectivity index (χ3n) is 3.22. The molecule has 5 heteroatoms. The normalized spacial score (nSPS) is 11.5. The molecule has 1 aromatic heterocycles. The number of methoxy groups -OCH3 is 1. The molecule has 0 aliphatic heterocycles. The zero-order valence-electron chi connectivity index (χ0n) is 13.0. The smallest absolute Gasteiger partial charge is 0.240 e. The number of rotatable bonds is 8. The van der Waals surface area contributed by atoms with E-state index in [0.717, 1.165) is 18.9 Å². The SMILES string of the molecule is COCCN(Cc1ccccc1)Cc1nc(C(C)C)no1. The van der Waals surface area contributed by atoms with Crippen molar-refractivity contribution in [1.29, 1.82) is 0 Å². The molecule has 1 aromatic carbocycles. The molecule has 1 heterocycles. The molecule has 0 N–H and O–H groups in total. The van der Waals surface area contributed by atoms with E-state index in [0.29, 0.717) is 19.0 Å². The van der Waals surface area contributed by atoms with E-state index in [1.54, 1.807) is 7.11 Å². The topological polar surface area (TPSA) is 51.4 Å². The molecule has 21 heavy (non-hydrogen) atoms. The van der Waals surface area contributed by atoms with Crippen LogP contribution >= 0.6 is 0 Å². The van der Waals surface area contributed by atoms with Gasteiger partial charge in [0.25, 0.3) is 0 Å². The Morgan fingerprint density at radius 1 is 1.19 bits per heavy atom. The maximum Gasteiger partial charge on any atom is 0.240 e. The molecule has 5 nitrogen and oxygen atoms in total. The van der Waals surface area contributed by atoms with E-state index in [1.807, 2.05) is 18.2 Å². The lowest BCUT2D eigenvalue weighted by Crippen LogP contribution is -2.26. The maximum atomic E-state index is 5.33. The fraction of sp³-hybridized carbons (Fsp3) is 0.500. The van der Waals surface area contributed by atoms with Crippen molar-refractivity contribution in [2.24, 2.45) is 0 Å². The summed E-state index contributed by atoms with van der Waals surface area (Å²) in [4.78, 5) is 6.69. The van der Waals surface area contributed by atoms with Gasteiger partial charge in [-0.05, 0) is 5.56 Å². The van der Waals surface area contributed by atoms with E-state index in [1.165, 1.54) is 5.56 Å². The van der Waals surface area contributed by atoms with Crippen molar-refractivity contribution in [2.45, 2.75) is 32.9 Å². The van der Waals surface area contributed by atoms with Crippen molar-refractivity contribution in [2.75, 3.05) is 20.3 Å². The first kappa shape index (κ1) is 15.7. The summed E-state index contributed by atoms with van der Waals surface area (Å²) in [6.45, 7) is 7.09. The second-order valence-corrected chi connectivity index (χ2v) is 5.39. The maximum absolute atomic E-state index is 5.33. The van der Waals surface area contributed by atoms with Gasteiger partial charge in [0.05, 0.1) is 13.2 Å². The number of aromatic nitrogens is 2. The monoisotopic (exact) mass is 289 g/mol. The molecule has 0 aliphatic rings. The van der Waals surface area contributed by atoms with Crippen molar-refractivity contribution in [3.8, 4) is 0 Å². The Kier molecular flexibility index (Phi) is 5.90. The van der Waals surface area contributed by atoms with Gasteiger partial charge in [0.2, 0.25) is 5.89 Å². The first-order chi connectivity index (χ1) is 10.2. The highest BCUT2D eigenvalue weighted by atomic mass is 16.5.